The second-order valence-electron chi connectivity index (χ2n) is 4.85. The molecule has 0 aromatic rings. The van der Waals surface area contributed by atoms with Gasteiger partial charge < -0.3 is 9.80 Å². The van der Waals surface area contributed by atoms with Crippen LogP contribution in [0.5, 0.6) is 0 Å². The van der Waals surface area contributed by atoms with Crippen LogP contribution in [0.25, 0.3) is 0 Å². The number of aliphatic imine (C=N–C) groups is 1. The lowest BCUT2D eigenvalue weighted by Gasteiger charge is -2.23. The summed E-state index contributed by atoms with van der Waals surface area (Å²) in [5.41, 5.74) is 2.73. The zero-order chi connectivity index (χ0) is 12.0. The molecule has 3 N–H and O–H groups in total. The van der Waals surface area contributed by atoms with Gasteiger partial charge in [0.15, 0.2) is 0 Å². The molecule has 1 aliphatic rings. The number of nitrogens with two attached hydrogens (primary N) is 1. The Labute approximate surface area is 98.7 Å². The highest BCUT2D eigenvalue weighted by atomic mass is 15.4. The first kappa shape index (κ1) is 13.3. The number of rotatable bonds is 2. The van der Waals surface area contributed by atoms with E-state index in [4.69, 9.17) is 5.84 Å². The van der Waals surface area contributed by atoms with E-state index in [0.29, 0.717) is 5.92 Å². The van der Waals surface area contributed by atoms with E-state index < -0.39 is 0 Å². The van der Waals surface area contributed by atoms with Crippen LogP contribution in [0.1, 0.15) is 20.3 Å². The number of nitrogens with one attached hydrogen (secondary N) is 1. The van der Waals surface area contributed by atoms with E-state index in [1.807, 2.05) is 0 Å². The Balaban J connectivity index is 2.54. The van der Waals surface area contributed by atoms with Crippen molar-refractivity contribution in [3.63, 3.8) is 0 Å². The largest absolute Gasteiger partial charge is 0.341 e. The molecular formula is C11H25N5. The Morgan fingerprint density at radius 3 is 2.69 bits per heavy atom. The van der Waals surface area contributed by atoms with Gasteiger partial charge in [-0.3, -0.25) is 10.4 Å². The third kappa shape index (κ3) is 4.37. The lowest BCUT2D eigenvalue weighted by molar-refractivity contribution is 0.343. The van der Waals surface area contributed by atoms with Gasteiger partial charge in [-0.15, -0.1) is 0 Å². The van der Waals surface area contributed by atoms with Crippen LogP contribution in [0.4, 0.5) is 0 Å². The summed E-state index contributed by atoms with van der Waals surface area (Å²) in [7, 11) is 2.16. The van der Waals surface area contributed by atoms with E-state index >= 15 is 0 Å². The SMILES string of the molecule is CC(C)CN=C(NN)N1CCCN(C)CC1. The summed E-state index contributed by atoms with van der Waals surface area (Å²) in [6, 6.07) is 0. The summed E-state index contributed by atoms with van der Waals surface area (Å²) in [4.78, 5) is 9.11. The molecule has 1 saturated heterocycles. The Hall–Kier alpha value is -0.810. The topological polar surface area (TPSA) is 56.9 Å². The summed E-state index contributed by atoms with van der Waals surface area (Å²) in [5, 5.41) is 0. The summed E-state index contributed by atoms with van der Waals surface area (Å²) in [5.74, 6) is 6.94. The van der Waals surface area contributed by atoms with Crippen LogP contribution in [0, 0.1) is 5.92 Å². The first-order chi connectivity index (χ1) is 7.63. The Kier molecular flexibility index (Phi) is 5.55. The van der Waals surface area contributed by atoms with Gasteiger partial charge in [-0.2, -0.15) is 0 Å². The van der Waals surface area contributed by atoms with Crippen LogP contribution in [-0.4, -0.2) is 55.5 Å². The van der Waals surface area contributed by atoms with Gasteiger partial charge >= 0.3 is 0 Å². The van der Waals surface area contributed by atoms with E-state index in [2.05, 4.69) is 41.1 Å². The average Bonchev–Trinajstić information content (AvgIpc) is 2.44. The summed E-state index contributed by atoms with van der Waals surface area (Å²) in [6.45, 7) is 9.40. The fraction of sp³-hybridized carbons (Fsp3) is 0.909. The van der Waals surface area contributed by atoms with Crippen LogP contribution < -0.4 is 11.3 Å². The number of nitrogens with zero attached hydrogens (tertiary/aromatic N) is 3. The van der Waals surface area contributed by atoms with Crippen molar-refractivity contribution in [1.29, 1.82) is 0 Å². The molecular weight excluding hydrogens is 202 g/mol. The molecule has 0 saturated carbocycles. The van der Waals surface area contributed by atoms with Crippen molar-refractivity contribution in [1.82, 2.24) is 15.2 Å². The molecule has 0 amide bonds. The van der Waals surface area contributed by atoms with Crippen molar-refractivity contribution in [2.24, 2.45) is 16.8 Å². The third-order valence-corrected chi connectivity index (χ3v) is 2.75. The van der Waals surface area contributed by atoms with E-state index in [1.165, 1.54) is 6.42 Å². The fourth-order valence-corrected chi connectivity index (χ4v) is 1.76. The molecule has 94 valence electrons. The van der Waals surface area contributed by atoms with E-state index in [-0.39, 0.29) is 0 Å². The number of hydrogen-bond acceptors (Lipinski definition) is 3. The van der Waals surface area contributed by atoms with Crippen molar-refractivity contribution in [2.45, 2.75) is 20.3 Å². The molecule has 0 spiro atoms. The Bertz CT molecular complexity index is 226. The number of likely N-dealkylation sites (N-methyl/N-ethyl adjacent to an activating group) is 1. The lowest BCUT2D eigenvalue weighted by atomic mass is 10.2. The van der Waals surface area contributed by atoms with Gasteiger partial charge in [0.25, 0.3) is 0 Å². The van der Waals surface area contributed by atoms with Crippen molar-refractivity contribution >= 4 is 5.96 Å². The second-order valence-corrected chi connectivity index (χ2v) is 4.85. The van der Waals surface area contributed by atoms with Gasteiger partial charge in [0.2, 0.25) is 5.96 Å². The normalized spacial score (nSPS) is 20.1. The average molecular weight is 227 g/mol. The molecule has 16 heavy (non-hydrogen) atoms. The van der Waals surface area contributed by atoms with Gasteiger partial charge in [-0.05, 0) is 25.9 Å². The molecule has 0 bridgehead atoms. The highest BCUT2D eigenvalue weighted by Crippen LogP contribution is 2.02. The van der Waals surface area contributed by atoms with Crippen molar-refractivity contribution < 1.29 is 0 Å². The molecule has 5 nitrogen and oxygen atoms in total. The smallest absolute Gasteiger partial charge is 0.208 e. The highest BCUT2D eigenvalue weighted by molar-refractivity contribution is 5.79. The molecule has 0 aromatic carbocycles. The van der Waals surface area contributed by atoms with Crippen LogP contribution in [0.15, 0.2) is 4.99 Å². The van der Waals surface area contributed by atoms with Gasteiger partial charge in [0.1, 0.15) is 0 Å². The van der Waals surface area contributed by atoms with Gasteiger partial charge in [0.05, 0.1) is 0 Å². The van der Waals surface area contributed by atoms with Crippen molar-refractivity contribution in [2.75, 3.05) is 39.8 Å². The molecule has 0 aliphatic carbocycles. The minimum atomic E-state index is 0.568. The van der Waals surface area contributed by atoms with E-state index in [0.717, 1.165) is 38.7 Å². The lowest BCUT2D eigenvalue weighted by Crippen LogP contribution is -2.46. The zero-order valence-corrected chi connectivity index (χ0v) is 10.7. The maximum Gasteiger partial charge on any atom is 0.208 e. The number of hydrazine groups is 1. The summed E-state index contributed by atoms with van der Waals surface area (Å²) >= 11 is 0. The van der Waals surface area contributed by atoms with Crippen molar-refractivity contribution in [3.8, 4) is 0 Å². The van der Waals surface area contributed by atoms with Crippen LogP contribution in [0.2, 0.25) is 0 Å². The molecule has 0 atom stereocenters. The Morgan fingerprint density at radius 1 is 1.31 bits per heavy atom. The Morgan fingerprint density at radius 2 is 2.06 bits per heavy atom. The molecule has 1 heterocycles. The maximum atomic E-state index is 5.54. The number of hydrogen-bond donors (Lipinski definition) is 2. The molecule has 0 aromatic heterocycles. The highest BCUT2D eigenvalue weighted by Gasteiger charge is 2.14. The van der Waals surface area contributed by atoms with Crippen LogP contribution >= 0.6 is 0 Å². The van der Waals surface area contributed by atoms with Crippen LogP contribution in [-0.2, 0) is 0 Å². The first-order valence-electron chi connectivity index (χ1n) is 6.08. The zero-order valence-electron chi connectivity index (χ0n) is 10.7. The number of guanidine groups is 1. The quantitative estimate of drug-likeness (QED) is 0.304. The van der Waals surface area contributed by atoms with Gasteiger partial charge in [0, 0.05) is 26.2 Å². The molecule has 0 unspecified atom stereocenters. The fourth-order valence-electron chi connectivity index (χ4n) is 1.76. The monoisotopic (exact) mass is 227 g/mol. The molecule has 0 radical (unpaired) electrons. The molecule has 1 aliphatic heterocycles. The standard InChI is InChI=1S/C11H25N5/c1-10(2)9-13-11(14-12)16-6-4-5-15(3)7-8-16/h10H,4-9,12H2,1-3H3,(H,13,14). The molecule has 1 fully saturated rings. The van der Waals surface area contributed by atoms with Crippen molar-refractivity contribution in [3.05, 3.63) is 0 Å². The van der Waals surface area contributed by atoms with Gasteiger partial charge in [-0.1, -0.05) is 13.8 Å². The predicted octanol–water partition coefficient (Wildman–Crippen LogP) is 0.0992. The predicted molar refractivity (Wildman–Crippen MR) is 68.2 cm³/mol. The first-order valence-corrected chi connectivity index (χ1v) is 6.08. The van der Waals surface area contributed by atoms with Gasteiger partial charge in [-0.25, -0.2) is 5.84 Å². The summed E-state index contributed by atoms with van der Waals surface area (Å²) < 4.78 is 0. The maximum absolute atomic E-state index is 5.54. The van der Waals surface area contributed by atoms with Crippen LogP contribution in [0.3, 0.4) is 0 Å². The third-order valence-electron chi connectivity index (χ3n) is 2.75. The van der Waals surface area contributed by atoms with E-state index in [1.54, 1.807) is 0 Å². The second kappa shape index (κ2) is 6.70. The molecule has 1 rings (SSSR count). The summed E-state index contributed by atoms with van der Waals surface area (Å²) in [6.07, 6.45) is 1.17. The van der Waals surface area contributed by atoms with E-state index in [9.17, 15) is 0 Å². The minimum Gasteiger partial charge on any atom is -0.341 e. The minimum absolute atomic E-state index is 0.568. The molecule has 5 heteroatoms.